The Morgan fingerprint density at radius 2 is 1.84 bits per heavy atom. The van der Waals surface area contributed by atoms with Crippen LogP contribution in [0.5, 0.6) is 11.5 Å². The van der Waals surface area contributed by atoms with Crippen molar-refractivity contribution in [3.63, 3.8) is 0 Å². The number of pyridine rings is 1. The molecule has 0 saturated carbocycles. The van der Waals surface area contributed by atoms with E-state index in [1.807, 2.05) is 51.1 Å². The number of benzene rings is 1. The van der Waals surface area contributed by atoms with Gasteiger partial charge in [0, 0.05) is 44.5 Å². The highest BCUT2D eigenvalue weighted by atomic mass is 16.6. The Hall–Kier alpha value is -3.66. The zero-order chi connectivity index (χ0) is 26.7. The molecule has 1 aromatic carbocycles. The van der Waals surface area contributed by atoms with Gasteiger partial charge in [-0.05, 0) is 63.4 Å². The van der Waals surface area contributed by atoms with Crippen molar-refractivity contribution in [2.24, 2.45) is 0 Å². The lowest BCUT2D eigenvalue weighted by Gasteiger charge is -2.38. The fraction of sp³-hybridized carbons (Fsp3) is 0.500. The third-order valence-corrected chi connectivity index (χ3v) is 7.04. The Bertz CT molecular complexity index is 1340. The number of carbonyl (C=O) groups is 1. The maximum atomic E-state index is 13.3. The summed E-state index contributed by atoms with van der Waals surface area (Å²) in [6, 6.07) is 9.48. The van der Waals surface area contributed by atoms with E-state index < -0.39 is 5.54 Å². The van der Waals surface area contributed by atoms with Crippen LogP contribution in [0.3, 0.4) is 0 Å². The Morgan fingerprint density at radius 1 is 1.08 bits per heavy atom. The lowest BCUT2D eigenvalue weighted by Crippen LogP contribution is -2.47. The first kappa shape index (κ1) is 26.0. The van der Waals surface area contributed by atoms with Crippen LogP contribution in [0.25, 0.3) is 11.2 Å². The molecule has 0 aliphatic carbocycles. The molecule has 2 aromatic heterocycles. The van der Waals surface area contributed by atoms with Gasteiger partial charge in [0.2, 0.25) is 0 Å². The average molecular weight is 522 g/mol. The number of hydrogen-bond donors (Lipinski definition) is 0. The zero-order valence-corrected chi connectivity index (χ0v) is 22.3. The van der Waals surface area contributed by atoms with Crippen LogP contribution in [0, 0.1) is 0 Å². The number of ether oxygens (including phenoxy) is 3. The van der Waals surface area contributed by atoms with Gasteiger partial charge in [0.25, 0.3) is 5.56 Å². The predicted molar refractivity (Wildman–Crippen MR) is 142 cm³/mol. The van der Waals surface area contributed by atoms with E-state index in [9.17, 15) is 9.59 Å². The number of nitrogens with zero attached hydrogens (tertiary/aromatic N) is 5. The van der Waals surface area contributed by atoms with Crippen LogP contribution in [0.4, 0.5) is 4.79 Å². The summed E-state index contributed by atoms with van der Waals surface area (Å²) >= 11 is 0. The number of hydrogen-bond acceptors (Lipinski definition) is 8. The molecule has 0 atom stereocenters. The van der Waals surface area contributed by atoms with Crippen molar-refractivity contribution < 1.29 is 19.0 Å². The van der Waals surface area contributed by atoms with Gasteiger partial charge in [-0.15, -0.1) is 0 Å². The number of carbonyl (C=O) groups excluding carboxylic acids is 1. The Labute approximate surface area is 222 Å². The number of piperidine rings is 1. The second-order valence-corrected chi connectivity index (χ2v) is 10.8. The number of rotatable bonds is 6. The molecule has 0 N–H and O–H groups in total. The molecular weight excluding hydrogens is 486 g/mol. The summed E-state index contributed by atoms with van der Waals surface area (Å²) < 4.78 is 19.0. The quantitative estimate of drug-likeness (QED) is 0.486. The average Bonchev–Trinajstić information content (AvgIpc) is 2.91. The third kappa shape index (κ3) is 5.91. The van der Waals surface area contributed by atoms with Gasteiger partial charge in [-0.2, -0.15) is 0 Å². The Kier molecular flexibility index (Phi) is 7.51. The zero-order valence-electron chi connectivity index (χ0n) is 22.3. The van der Waals surface area contributed by atoms with E-state index in [1.165, 1.54) is 6.20 Å². The van der Waals surface area contributed by atoms with Crippen LogP contribution in [0.1, 0.15) is 39.2 Å². The van der Waals surface area contributed by atoms with E-state index >= 15 is 0 Å². The molecule has 0 unspecified atom stereocenters. The summed E-state index contributed by atoms with van der Waals surface area (Å²) in [6.07, 6.45) is 4.05. The first-order valence-corrected chi connectivity index (χ1v) is 13.2. The Balaban J connectivity index is 1.16. The van der Waals surface area contributed by atoms with Crippen molar-refractivity contribution in [3.8, 4) is 11.5 Å². The van der Waals surface area contributed by atoms with E-state index in [2.05, 4.69) is 14.9 Å². The van der Waals surface area contributed by atoms with Crippen molar-refractivity contribution in [1.82, 2.24) is 24.3 Å². The largest absolute Gasteiger partial charge is 0.486 e. The molecule has 10 nitrogen and oxygen atoms in total. The lowest BCUT2D eigenvalue weighted by atomic mass is 10.0. The topological polar surface area (TPSA) is 99.0 Å². The van der Waals surface area contributed by atoms with E-state index in [1.54, 1.807) is 15.7 Å². The standard InChI is InChI=1S/C28H35N5O5/c1-28(2,3)33(19-20-6-7-23-24(17-20)37-16-15-36-23)27(35)38-21-8-11-31(12-9-21)13-14-32-22-5-4-10-29-26(22)30-18-25(32)34/h4-7,10,17-18,21H,8-9,11-16,19H2,1-3H3. The van der Waals surface area contributed by atoms with Crippen LogP contribution >= 0.6 is 0 Å². The molecule has 1 saturated heterocycles. The minimum atomic E-state index is -0.416. The van der Waals surface area contributed by atoms with Gasteiger partial charge in [0.05, 0.1) is 11.7 Å². The van der Waals surface area contributed by atoms with Gasteiger partial charge in [-0.25, -0.2) is 14.8 Å². The SMILES string of the molecule is CC(C)(C)N(Cc1ccc2c(c1)OCCO2)C(=O)OC1CCN(CCn2c(=O)cnc3ncccc32)CC1. The van der Waals surface area contributed by atoms with Gasteiger partial charge < -0.3 is 23.7 Å². The molecule has 0 spiro atoms. The van der Waals surface area contributed by atoms with Crippen LogP contribution in [-0.4, -0.2) is 74.9 Å². The van der Waals surface area contributed by atoms with Crippen molar-refractivity contribution in [3.05, 3.63) is 58.6 Å². The lowest BCUT2D eigenvalue weighted by molar-refractivity contribution is 0.00901. The second kappa shape index (κ2) is 11.0. The van der Waals surface area contributed by atoms with Gasteiger partial charge >= 0.3 is 6.09 Å². The second-order valence-electron chi connectivity index (χ2n) is 10.8. The monoisotopic (exact) mass is 521 g/mol. The normalized spacial score (nSPS) is 16.4. The molecular formula is C28H35N5O5. The highest BCUT2D eigenvalue weighted by Crippen LogP contribution is 2.32. The molecule has 2 aliphatic rings. The van der Waals surface area contributed by atoms with Crippen LogP contribution < -0.4 is 15.0 Å². The van der Waals surface area contributed by atoms with Crippen LogP contribution in [0.2, 0.25) is 0 Å². The maximum Gasteiger partial charge on any atom is 0.410 e. The molecule has 2 aliphatic heterocycles. The van der Waals surface area contributed by atoms with Crippen molar-refractivity contribution in [2.75, 3.05) is 32.8 Å². The van der Waals surface area contributed by atoms with E-state index in [4.69, 9.17) is 14.2 Å². The summed E-state index contributed by atoms with van der Waals surface area (Å²) in [5.41, 5.74) is 1.72. The maximum absolute atomic E-state index is 13.3. The molecule has 4 heterocycles. The highest BCUT2D eigenvalue weighted by molar-refractivity contribution is 5.69. The summed E-state index contributed by atoms with van der Waals surface area (Å²) in [6.45, 7) is 10.4. The van der Waals surface area contributed by atoms with E-state index in [0.717, 1.165) is 49.3 Å². The number of fused-ring (bicyclic) bond motifs is 2. The van der Waals surface area contributed by atoms with Crippen LogP contribution in [0.15, 0.2) is 47.5 Å². The first-order valence-electron chi connectivity index (χ1n) is 13.2. The summed E-state index contributed by atoms with van der Waals surface area (Å²) in [7, 11) is 0. The predicted octanol–water partition coefficient (Wildman–Crippen LogP) is 3.46. The first-order chi connectivity index (χ1) is 18.3. The Morgan fingerprint density at radius 3 is 2.61 bits per heavy atom. The molecule has 1 amide bonds. The minimum absolute atomic E-state index is 0.130. The molecule has 0 radical (unpaired) electrons. The number of aromatic nitrogens is 3. The highest BCUT2D eigenvalue weighted by Gasteiger charge is 2.31. The third-order valence-electron chi connectivity index (χ3n) is 7.04. The fourth-order valence-corrected chi connectivity index (χ4v) is 4.88. The number of likely N-dealkylation sites (tertiary alicyclic amines) is 1. The molecule has 38 heavy (non-hydrogen) atoms. The number of amides is 1. The summed E-state index contributed by atoms with van der Waals surface area (Å²) in [5, 5.41) is 0. The molecule has 5 rings (SSSR count). The minimum Gasteiger partial charge on any atom is -0.486 e. The smallest absolute Gasteiger partial charge is 0.410 e. The van der Waals surface area contributed by atoms with Gasteiger partial charge in [0.1, 0.15) is 19.3 Å². The van der Waals surface area contributed by atoms with Crippen LogP contribution in [-0.2, 0) is 17.8 Å². The molecule has 3 aromatic rings. The molecule has 1 fully saturated rings. The van der Waals surface area contributed by atoms with Crippen molar-refractivity contribution in [2.45, 2.75) is 58.3 Å². The molecule has 10 heteroatoms. The van der Waals surface area contributed by atoms with E-state index in [-0.39, 0.29) is 17.8 Å². The summed E-state index contributed by atoms with van der Waals surface area (Å²) in [5.74, 6) is 1.44. The van der Waals surface area contributed by atoms with Gasteiger partial charge in [-0.3, -0.25) is 9.69 Å². The van der Waals surface area contributed by atoms with E-state index in [0.29, 0.717) is 37.7 Å². The summed E-state index contributed by atoms with van der Waals surface area (Å²) in [4.78, 5) is 38.1. The van der Waals surface area contributed by atoms with Gasteiger partial charge in [0.15, 0.2) is 17.1 Å². The van der Waals surface area contributed by atoms with Gasteiger partial charge in [-0.1, -0.05) is 6.07 Å². The molecule has 0 bridgehead atoms. The van der Waals surface area contributed by atoms with Crippen molar-refractivity contribution in [1.29, 1.82) is 0 Å². The molecule has 202 valence electrons. The fourth-order valence-electron chi connectivity index (χ4n) is 4.88. The van der Waals surface area contributed by atoms with Crippen molar-refractivity contribution >= 4 is 17.3 Å².